The van der Waals surface area contributed by atoms with Crippen molar-refractivity contribution < 1.29 is 8.42 Å². The quantitative estimate of drug-likeness (QED) is 0.526. The number of aryl methyl sites for hydroxylation is 1. The van der Waals surface area contributed by atoms with Gasteiger partial charge in [0, 0.05) is 23.3 Å². The topological polar surface area (TPSA) is 40.6 Å². The molecule has 4 nitrogen and oxygen atoms in total. The van der Waals surface area contributed by atoms with E-state index in [0.29, 0.717) is 5.02 Å². The molecule has 0 aromatic heterocycles. The molecule has 0 bridgehead atoms. The minimum absolute atomic E-state index is 0.274. The fourth-order valence-corrected chi connectivity index (χ4v) is 5.79. The molecule has 0 saturated heterocycles. The maximum absolute atomic E-state index is 13.8. The molecule has 1 atom stereocenters. The van der Waals surface area contributed by atoms with E-state index in [0.717, 1.165) is 28.0 Å². The highest BCUT2D eigenvalue weighted by Gasteiger charge is 2.44. The van der Waals surface area contributed by atoms with Crippen LogP contribution in [0.5, 0.6) is 0 Å². The van der Waals surface area contributed by atoms with Crippen molar-refractivity contribution in [2.75, 3.05) is 7.05 Å². The van der Waals surface area contributed by atoms with Crippen LogP contribution >= 0.6 is 11.6 Å². The van der Waals surface area contributed by atoms with Gasteiger partial charge in [-0.2, -0.15) is 0 Å². The van der Waals surface area contributed by atoms with Crippen molar-refractivity contribution >= 4 is 27.2 Å². The molecule has 1 heterocycles. The molecule has 3 aromatic rings. The Morgan fingerprint density at radius 2 is 1.53 bits per heavy atom. The molecule has 0 saturated carbocycles. The summed E-state index contributed by atoms with van der Waals surface area (Å²) < 4.78 is 29.1. The van der Waals surface area contributed by atoms with Gasteiger partial charge < -0.3 is 0 Å². The minimum atomic E-state index is -3.81. The molecule has 1 aliphatic heterocycles. The summed E-state index contributed by atoms with van der Waals surface area (Å²) in [5.41, 5.74) is 4.59. The van der Waals surface area contributed by atoms with E-state index < -0.39 is 16.1 Å². The molecule has 0 fully saturated rings. The first-order chi connectivity index (χ1) is 14.3. The molecule has 30 heavy (non-hydrogen) atoms. The van der Waals surface area contributed by atoms with Gasteiger partial charge in [-0.15, -0.1) is 0 Å². The smallest absolute Gasteiger partial charge is 0.260 e. The number of rotatable bonds is 4. The Morgan fingerprint density at radius 1 is 0.867 bits per heavy atom. The van der Waals surface area contributed by atoms with Crippen LogP contribution in [0, 0.1) is 6.92 Å². The molecule has 1 unspecified atom stereocenters. The second kappa shape index (κ2) is 7.91. The zero-order chi connectivity index (χ0) is 21.5. The van der Waals surface area contributed by atoms with Crippen LogP contribution in [0.1, 0.15) is 29.7 Å². The van der Waals surface area contributed by atoms with Crippen LogP contribution in [0.2, 0.25) is 5.02 Å². The van der Waals surface area contributed by atoms with Gasteiger partial charge in [0.1, 0.15) is 0 Å². The second-order valence-electron chi connectivity index (χ2n) is 7.44. The lowest BCUT2D eigenvalue weighted by Crippen LogP contribution is -2.41. The fourth-order valence-electron chi connectivity index (χ4n) is 3.91. The first-order valence-electron chi connectivity index (χ1n) is 9.67. The van der Waals surface area contributed by atoms with E-state index in [1.54, 1.807) is 42.4 Å². The zero-order valence-corrected chi connectivity index (χ0v) is 18.7. The van der Waals surface area contributed by atoms with Crippen molar-refractivity contribution in [2.24, 2.45) is 0 Å². The fraction of sp³-hybridized carbons (Fsp3) is 0.167. The standard InChI is InChI=1S/C24H23ClN2O2S/c1-17-8-7-11-22(16-17)30(28,29)27-24(20-12-14-21(25)15-13-20)23(18(2)26(27)3)19-9-5-4-6-10-19/h4-16,24H,1-3H3. The highest BCUT2D eigenvalue weighted by Crippen LogP contribution is 2.47. The molecule has 0 radical (unpaired) electrons. The van der Waals surface area contributed by atoms with Crippen molar-refractivity contribution in [3.05, 3.63) is 106 Å². The van der Waals surface area contributed by atoms with Gasteiger partial charge in [-0.3, -0.25) is 5.01 Å². The number of hydrazine groups is 1. The molecular formula is C24H23ClN2O2S. The second-order valence-corrected chi connectivity index (χ2v) is 9.67. The summed E-state index contributed by atoms with van der Waals surface area (Å²) >= 11 is 6.11. The van der Waals surface area contributed by atoms with Crippen LogP contribution in [-0.4, -0.2) is 24.9 Å². The predicted octanol–water partition coefficient (Wildman–Crippen LogP) is 5.67. The van der Waals surface area contributed by atoms with Crippen molar-refractivity contribution in [1.29, 1.82) is 0 Å². The van der Waals surface area contributed by atoms with E-state index in [9.17, 15) is 8.42 Å². The Morgan fingerprint density at radius 3 is 2.17 bits per heavy atom. The first-order valence-corrected chi connectivity index (χ1v) is 11.5. The first kappa shape index (κ1) is 20.7. The van der Waals surface area contributed by atoms with E-state index in [4.69, 9.17) is 11.6 Å². The van der Waals surface area contributed by atoms with Crippen LogP contribution in [0.15, 0.2) is 89.5 Å². The van der Waals surface area contributed by atoms with Gasteiger partial charge >= 0.3 is 0 Å². The van der Waals surface area contributed by atoms with Crippen molar-refractivity contribution in [2.45, 2.75) is 24.8 Å². The van der Waals surface area contributed by atoms with Crippen LogP contribution in [0.4, 0.5) is 0 Å². The summed E-state index contributed by atoms with van der Waals surface area (Å²) in [5.74, 6) is 0. The number of hydrogen-bond donors (Lipinski definition) is 0. The van der Waals surface area contributed by atoms with Gasteiger partial charge in [-0.1, -0.05) is 70.6 Å². The summed E-state index contributed by atoms with van der Waals surface area (Å²) in [6, 6.07) is 23.8. The van der Waals surface area contributed by atoms with Gasteiger partial charge in [0.2, 0.25) is 0 Å². The van der Waals surface area contributed by atoms with Crippen molar-refractivity contribution in [3.8, 4) is 0 Å². The molecule has 0 amide bonds. The van der Waals surface area contributed by atoms with E-state index >= 15 is 0 Å². The van der Waals surface area contributed by atoms with Gasteiger partial charge in [0.05, 0.1) is 10.9 Å². The van der Waals surface area contributed by atoms with Gasteiger partial charge in [0.15, 0.2) is 0 Å². The number of hydrogen-bond acceptors (Lipinski definition) is 3. The summed E-state index contributed by atoms with van der Waals surface area (Å²) in [5, 5.41) is 2.35. The highest BCUT2D eigenvalue weighted by molar-refractivity contribution is 7.89. The van der Waals surface area contributed by atoms with Crippen molar-refractivity contribution in [1.82, 2.24) is 9.42 Å². The average molecular weight is 439 g/mol. The molecule has 1 aliphatic rings. The number of allylic oxidation sites excluding steroid dienone is 1. The Kier molecular flexibility index (Phi) is 5.45. The third-order valence-electron chi connectivity index (χ3n) is 5.47. The lowest BCUT2D eigenvalue weighted by Gasteiger charge is -2.32. The number of benzene rings is 3. The lowest BCUT2D eigenvalue weighted by molar-refractivity contribution is 0.137. The molecule has 6 heteroatoms. The Bertz CT molecular complexity index is 1210. The van der Waals surface area contributed by atoms with E-state index in [1.165, 1.54) is 4.41 Å². The zero-order valence-electron chi connectivity index (χ0n) is 17.1. The highest BCUT2D eigenvalue weighted by atomic mass is 35.5. The molecule has 0 spiro atoms. The number of halogens is 1. The minimum Gasteiger partial charge on any atom is -0.298 e. The Labute approximate surface area is 183 Å². The Balaban J connectivity index is 1.93. The van der Waals surface area contributed by atoms with Crippen LogP contribution in [0.3, 0.4) is 0 Å². The molecule has 0 aliphatic carbocycles. The molecule has 3 aromatic carbocycles. The van der Waals surface area contributed by atoms with E-state index in [-0.39, 0.29) is 4.90 Å². The monoisotopic (exact) mass is 438 g/mol. The molecule has 0 N–H and O–H groups in total. The Hall–Kier alpha value is -2.60. The summed E-state index contributed by atoms with van der Waals surface area (Å²) in [7, 11) is -2.01. The maximum Gasteiger partial charge on any atom is 0.260 e. The molecule has 4 rings (SSSR count). The van der Waals surface area contributed by atoms with E-state index in [1.807, 2.05) is 62.4 Å². The lowest BCUT2D eigenvalue weighted by atomic mass is 9.93. The maximum atomic E-state index is 13.8. The third-order valence-corrected chi connectivity index (χ3v) is 7.52. The number of sulfonamides is 1. The van der Waals surface area contributed by atoms with Gasteiger partial charge in [-0.25, -0.2) is 8.42 Å². The summed E-state index contributed by atoms with van der Waals surface area (Å²) in [6.45, 7) is 3.85. The van der Waals surface area contributed by atoms with Crippen LogP contribution < -0.4 is 0 Å². The van der Waals surface area contributed by atoms with E-state index in [2.05, 4.69) is 0 Å². The normalized spacial score (nSPS) is 17.6. The van der Waals surface area contributed by atoms with Crippen molar-refractivity contribution in [3.63, 3.8) is 0 Å². The summed E-state index contributed by atoms with van der Waals surface area (Å²) in [4.78, 5) is 0.274. The molecular weight excluding hydrogens is 416 g/mol. The SMILES string of the molecule is CC1=C(c2ccccc2)C(c2ccc(Cl)cc2)N(S(=O)(=O)c2cccc(C)c2)N1C. The average Bonchev–Trinajstić information content (AvgIpc) is 3.01. The van der Waals surface area contributed by atoms with Crippen LogP contribution in [-0.2, 0) is 10.0 Å². The van der Waals surface area contributed by atoms with Gasteiger partial charge in [0.25, 0.3) is 10.0 Å². The number of nitrogens with zero attached hydrogens (tertiary/aromatic N) is 2. The third kappa shape index (κ3) is 3.54. The molecule has 154 valence electrons. The van der Waals surface area contributed by atoms with Gasteiger partial charge in [-0.05, 0) is 54.8 Å². The van der Waals surface area contributed by atoms with Crippen LogP contribution in [0.25, 0.3) is 5.57 Å². The summed E-state index contributed by atoms with van der Waals surface area (Å²) in [6.07, 6.45) is 0. The largest absolute Gasteiger partial charge is 0.298 e. The predicted molar refractivity (Wildman–Crippen MR) is 121 cm³/mol.